The van der Waals surface area contributed by atoms with Gasteiger partial charge >= 0.3 is 12.1 Å². The fourth-order valence-corrected chi connectivity index (χ4v) is 2.12. The standard InChI is InChI=1S/C15H24N2O4/c1-11(2)14(18)20-9-8-17-7-5-6-13(10-17)16-15(19)21-12(3)4/h13H,1,3,5-10H2,2,4H3,(H,16,19)/t13-/m0/s1. The van der Waals surface area contributed by atoms with Gasteiger partial charge in [-0.3, -0.25) is 4.90 Å². The largest absolute Gasteiger partial charge is 0.461 e. The van der Waals surface area contributed by atoms with Gasteiger partial charge in [0.2, 0.25) is 0 Å². The minimum Gasteiger partial charge on any atom is -0.461 e. The Morgan fingerprint density at radius 1 is 1.33 bits per heavy atom. The Labute approximate surface area is 125 Å². The van der Waals surface area contributed by atoms with Crippen LogP contribution in [0.3, 0.4) is 0 Å². The van der Waals surface area contributed by atoms with Crippen LogP contribution in [0.25, 0.3) is 0 Å². The summed E-state index contributed by atoms with van der Waals surface area (Å²) in [7, 11) is 0. The van der Waals surface area contributed by atoms with Gasteiger partial charge in [-0.2, -0.15) is 0 Å². The van der Waals surface area contributed by atoms with Crippen LogP contribution >= 0.6 is 0 Å². The van der Waals surface area contributed by atoms with Crippen molar-refractivity contribution >= 4 is 12.1 Å². The normalized spacial score (nSPS) is 18.7. The number of alkyl carbamates (subject to hydrolysis) is 1. The van der Waals surface area contributed by atoms with Gasteiger partial charge in [0.1, 0.15) is 6.61 Å². The second-order valence-electron chi connectivity index (χ2n) is 5.29. The zero-order valence-electron chi connectivity index (χ0n) is 12.8. The second-order valence-corrected chi connectivity index (χ2v) is 5.29. The molecule has 0 aromatic rings. The maximum Gasteiger partial charge on any atom is 0.412 e. The first-order chi connectivity index (χ1) is 9.88. The highest BCUT2D eigenvalue weighted by Gasteiger charge is 2.22. The quantitative estimate of drug-likeness (QED) is 0.460. The minimum absolute atomic E-state index is 0.0439. The molecule has 1 heterocycles. The number of carbonyl (C=O) groups excluding carboxylic acids is 2. The molecule has 1 N–H and O–H groups in total. The molecule has 0 aromatic heterocycles. The molecule has 118 valence electrons. The number of rotatable bonds is 6. The molecule has 1 aliphatic heterocycles. The molecule has 0 aromatic carbocycles. The van der Waals surface area contributed by atoms with Gasteiger partial charge in [0.25, 0.3) is 0 Å². The van der Waals surface area contributed by atoms with Crippen molar-refractivity contribution in [1.82, 2.24) is 10.2 Å². The molecule has 1 atom stereocenters. The molecule has 0 unspecified atom stereocenters. The first-order valence-corrected chi connectivity index (χ1v) is 7.07. The van der Waals surface area contributed by atoms with Crippen LogP contribution in [0.1, 0.15) is 26.7 Å². The average molecular weight is 296 g/mol. The summed E-state index contributed by atoms with van der Waals surface area (Å²) in [6.07, 6.45) is 1.42. The lowest BCUT2D eigenvalue weighted by molar-refractivity contribution is -0.139. The van der Waals surface area contributed by atoms with E-state index in [1.807, 2.05) is 0 Å². The average Bonchev–Trinajstić information content (AvgIpc) is 2.37. The van der Waals surface area contributed by atoms with Crippen LogP contribution in [0, 0.1) is 0 Å². The predicted octanol–water partition coefficient (Wildman–Crippen LogP) is 1.83. The van der Waals surface area contributed by atoms with Crippen LogP contribution in [0.4, 0.5) is 4.79 Å². The van der Waals surface area contributed by atoms with Crippen molar-refractivity contribution in [2.24, 2.45) is 0 Å². The van der Waals surface area contributed by atoms with E-state index in [-0.39, 0.29) is 12.0 Å². The van der Waals surface area contributed by atoms with Crippen LogP contribution in [0.5, 0.6) is 0 Å². The third-order valence-corrected chi connectivity index (χ3v) is 3.08. The number of carbonyl (C=O) groups is 2. The SMILES string of the molecule is C=C(C)OC(=O)N[C@H]1CCCN(CCOC(=O)C(=C)C)C1. The summed E-state index contributed by atoms with van der Waals surface area (Å²) in [6, 6.07) is 0.0439. The van der Waals surface area contributed by atoms with Gasteiger partial charge in [0.15, 0.2) is 0 Å². The number of amides is 1. The summed E-state index contributed by atoms with van der Waals surface area (Å²) in [5.74, 6) is -0.00130. The van der Waals surface area contributed by atoms with Crippen LogP contribution in [0.15, 0.2) is 24.5 Å². The van der Waals surface area contributed by atoms with Gasteiger partial charge in [-0.05, 0) is 33.2 Å². The zero-order chi connectivity index (χ0) is 15.8. The Bertz CT molecular complexity index is 420. The molecule has 6 nitrogen and oxygen atoms in total. The summed E-state index contributed by atoms with van der Waals surface area (Å²) < 4.78 is 9.96. The number of hydrogen-bond acceptors (Lipinski definition) is 5. The van der Waals surface area contributed by atoms with E-state index in [0.717, 1.165) is 25.9 Å². The van der Waals surface area contributed by atoms with Gasteiger partial charge in [-0.1, -0.05) is 13.2 Å². The van der Waals surface area contributed by atoms with Crippen molar-refractivity contribution in [3.05, 3.63) is 24.5 Å². The van der Waals surface area contributed by atoms with E-state index in [0.29, 0.717) is 24.5 Å². The molecule has 6 heteroatoms. The van der Waals surface area contributed by atoms with E-state index in [2.05, 4.69) is 23.4 Å². The van der Waals surface area contributed by atoms with Gasteiger partial charge in [0.05, 0.1) is 5.76 Å². The molecular weight excluding hydrogens is 272 g/mol. The second kappa shape index (κ2) is 8.46. The Hall–Kier alpha value is -1.82. The van der Waals surface area contributed by atoms with Crippen molar-refractivity contribution in [3.63, 3.8) is 0 Å². The summed E-state index contributed by atoms with van der Waals surface area (Å²) in [5.41, 5.74) is 0.399. The molecule has 0 aliphatic carbocycles. The van der Waals surface area contributed by atoms with Crippen molar-refractivity contribution in [1.29, 1.82) is 0 Å². The molecule has 0 spiro atoms. The highest BCUT2D eigenvalue weighted by atomic mass is 16.6. The molecular formula is C15H24N2O4. The summed E-state index contributed by atoms with van der Waals surface area (Å²) in [5, 5.41) is 2.81. The molecule has 1 fully saturated rings. The molecule has 1 rings (SSSR count). The highest BCUT2D eigenvalue weighted by molar-refractivity contribution is 5.86. The number of esters is 1. The van der Waals surface area contributed by atoms with E-state index in [4.69, 9.17) is 9.47 Å². The molecule has 21 heavy (non-hydrogen) atoms. The number of hydrogen-bond donors (Lipinski definition) is 1. The number of likely N-dealkylation sites (tertiary alicyclic amines) is 1. The third kappa shape index (κ3) is 6.94. The number of ether oxygens (including phenoxy) is 2. The van der Waals surface area contributed by atoms with Crippen LogP contribution in [0.2, 0.25) is 0 Å². The van der Waals surface area contributed by atoms with Crippen LogP contribution < -0.4 is 5.32 Å². The smallest absolute Gasteiger partial charge is 0.412 e. The molecule has 0 saturated carbocycles. The lowest BCUT2D eigenvalue weighted by atomic mass is 10.1. The lowest BCUT2D eigenvalue weighted by Crippen LogP contribution is -2.48. The predicted molar refractivity (Wildman–Crippen MR) is 79.7 cm³/mol. The maximum absolute atomic E-state index is 11.5. The van der Waals surface area contributed by atoms with E-state index in [9.17, 15) is 9.59 Å². The Kier molecular flexibility index (Phi) is 6.94. The molecule has 0 bridgehead atoms. The Morgan fingerprint density at radius 2 is 2.05 bits per heavy atom. The van der Waals surface area contributed by atoms with Crippen molar-refractivity contribution < 1.29 is 19.1 Å². The van der Waals surface area contributed by atoms with E-state index < -0.39 is 6.09 Å². The van der Waals surface area contributed by atoms with Gasteiger partial charge < -0.3 is 14.8 Å². The summed E-state index contributed by atoms with van der Waals surface area (Å²) >= 11 is 0. The Morgan fingerprint density at radius 3 is 2.67 bits per heavy atom. The van der Waals surface area contributed by atoms with Gasteiger partial charge in [-0.15, -0.1) is 0 Å². The minimum atomic E-state index is -0.469. The zero-order valence-corrected chi connectivity index (χ0v) is 12.8. The van der Waals surface area contributed by atoms with Crippen molar-refractivity contribution in [3.8, 4) is 0 Å². The number of allylic oxidation sites excluding steroid dienone is 1. The first-order valence-electron chi connectivity index (χ1n) is 7.07. The monoisotopic (exact) mass is 296 g/mol. The van der Waals surface area contributed by atoms with Gasteiger partial charge in [0, 0.05) is 24.7 Å². The number of nitrogens with zero attached hydrogens (tertiary/aromatic N) is 1. The summed E-state index contributed by atoms with van der Waals surface area (Å²) in [4.78, 5) is 24.9. The van der Waals surface area contributed by atoms with Crippen LogP contribution in [-0.2, 0) is 14.3 Å². The topological polar surface area (TPSA) is 67.9 Å². The fraction of sp³-hybridized carbons (Fsp3) is 0.600. The summed E-state index contributed by atoms with van der Waals surface area (Å²) in [6.45, 7) is 12.9. The molecule has 1 saturated heterocycles. The number of piperidine rings is 1. The van der Waals surface area contributed by atoms with Crippen molar-refractivity contribution in [2.75, 3.05) is 26.2 Å². The highest BCUT2D eigenvalue weighted by Crippen LogP contribution is 2.10. The molecule has 0 radical (unpaired) electrons. The van der Waals surface area contributed by atoms with Crippen molar-refractivity contribution in [2.45, 2.75) is 32.7 Å². The fourth-order valence-electron chi connectivity index (χ4n) is 2.12. The third-order valence-electron chi connectivity index (χ3n) is 3.08. The number of nitrogens with one attached hydrogen (secondary N) is 1. The van der Waals surface area contributed by atoms with E-state index >= 15 is 0 Å². The van der Waals surface area contributed by atoms with E-state index in [1.165, 1.54) is 0 Å². The maximum atomic E-state index is 11.5. The molecule has 1 aliphatic rings. The van der Waals surface area contributed by atoms with Crippen LogP contribution in [-0.4, -0.2) is 49.2 Å². The van der Waals surface area contributed by atoms with Gasteiger partial charge in [-0.25, -0.2) is 9.59 Å². The lowest BCUT2D eigenvalue weighted by Gasteiger charge is -2.32. The van der Waals surface area contributed by atoms with E-state index in [1.54, 1.807) is 13.8 Å². The first kappa shape index (κ1) is 17.2. The molecule has 1 amide bonds. The Balaban J connectivity index is 2.28.